The van der Waals surface area contributed by atoms with E-state index in [0.717, 1.165) is 18.5 Å². The molecule has 0 aromatic carbocycles. The van der Waals surface area contributed by atoms with Crippen LogP contribution in [-0.4, -0.2) is 15.1 Å². The first-order valence-corrected chi connectivity index (χ1v) is 5.01. The number of halogens is 1. The Bertz CT molecular complexity index is 214. The van der Waals surface area contributed by atoms with Gasteiger partial charge in [0, 0.05) is 0 Å². The lowest BCUT2D eigenvalue weighted by molar-refractivity contribution is 0.159. The summed E-state index contributed by atoms with van der Waals surface area (Å²) in [6, 6.07) is 0. The predicted molar refractivity (Wildman–Crippen MR) is 59.6 cm³/mol. The highest BCUT2D eigenvalue weighted by molar-refractivity contribution is 5.85. The molecule has 4 heteroatoms. The second-order valence-electron chi connectivity index (χ2n) is 3.37. The number of nitrogens with zero attached hydrogens (tertiary/aromatic N) is 1. The molecule has 82 valence electrons. The average Bonchev–Trinajstić information content (AvgIpc) is 2.65. The Morgan fingerprint density at radius 1 is 1.43 bits per heavy atom. The van der Waals surface area contributed by atoms with E-state index in [-0.39, 0.29) is 18.5 Å². The molecule has 0 bridgehead atoms. The van der Waals surface area contributed by atoms with Crippen molar-refractivity contribution in [2.24, 2.45) is 0 Å². The van der Waals surface area contributed by atoms with Gasteiger partial charge in [-0.1, -0.05) is 32.6 Å². The smallest absolute Gasteiger partial charge is 0.0953 e. The van der Waals surface area contributed by atoms with Crippen molar-refractivity contribution in [3.8, 4) is 0 Å². The molecule has 0 aliphatic carbocycles. The van der Waals surface area contributed by atoms with E-state index in [2.05, 4.69) is 16.9 Å². The third-order valence-electron chi connectivity index (χ3n) is 2.21. The molecule has 0 saturated heterocycles. The van der Waals surface area contributed by atoms with Crippen LogP contribution in [-0.2, 0) is 0 Å². The summed E-state index contributed by atoms with van der Waals surface area (Å²) in [6.07, 6.45) is 8.56. The molecule has 0 saturated carbocycles. The Balaban J connectivity index is 0.00000169. The van der Waals surface area contributed by atoms with Gasteiger partial charge in [-0.3, -0.25) is 0 Å². The number of hydrogen-bond acceptors (Lipinski definition) is 2. The van der Waals surface area contributed by atoms with E-state index >= 15 is 0 Å². The maximum Gasteiger partial charge on any atom is 0.0953 e. The fourth-order valence-corrected chi connectivity index (χ4v) is 1.37. The summed E-state index contributed by atoms with van der Waals surface area (Å²) in [4.78, 5) is 6.79. The molecule has 1 aromatic heterocycles. The SMILES string of the molecule is CCCCCCC(O)c1cnc[nH]1.Cl. The van der Waals surface area contributed by atoms with E-state index < -0.39 is 0 Å². The summed E-state index contributed by atoms with van der Waals surface area (Å²) in [6.45, 7) is 2.19. The van der Waals surface area contributed by atoms with Gasteiger partial charge in [-0.05, 0) is 6.42 Å². The van der Waals surface area contributed by atoms with Crippen LogP contribution < -0.4 is 0 Å². The third kappa shape index (κ3) is 4.63. The Morgan fingerprint density at radius 3 is 2.79 bits per heavy atom. The molecule has 0 spiro atoms. The van der Waals surface area contributed by atoms with Crippen LogP contribution >= 0.6 is 12.4 Å². The van der Waals surface area contributed by atoms with Crippen LogP contribution in [0.5, 0.6) is 0 Å². The van der Waals surface area contributed by atoms with Gasteiger partial charge >= 0.3 is 0 Å². The van der Waals surface area contributed by atoms with Crippen molar-refractivity contribution in [3.05, 3.63) is 18.2 Å². The lowest BCUT2D eigenvalue weighted by Gasteiger charge is -2.07. The van der Waals surface area contributed by atoms with Crippen LogP contribution in [0, 0.1) is 0 Å². The molecule has 3 nitrogen and oxygen atoms in total. The van der Waals surface area contributed by atoms with E-state index in [1.807, 2.05) is 0 Å². The fraction of sp³-hybridized carbons (Fsp3) is 0.700. The molecule has 2 N–H and O–H groups in total. The summed E-state index contributed by atoms with van der Waals surface area (Å²) in [7, 11) is 0. The molecule has 14 heavy (non-hydrogen) atoms. The summed E-state index contributed by atoms with van der Waals surface area (Å²) < 4.78 is 0. The lowest BCUT2D eigenvalue weighted by Crippen LogP contribution is -1.97. The topological polar surface area (TPSA) is 48.9 Å². The van der Waals surface area contributed by atoms with Crippen molar-refractivity contribution >= 4 is 12.4 Å². The molecule has 1 unspecified atom stereocenters. The van der Waals surface area contributed by atoms with Crippen molar-refractivity contribution in [1.82, 2.24) is 9.97 Å². The number of imidazole rings is 1. The van der Waals surface area contributed by atoms with Crippen LogP contribution in [0.1, 0.15) is 50.8 Å². The number of rotatable bonds is 6. The minimum atomic E-state index is -0.362. The Morgan fingerprint density at radius 2 is 2.21 bits per heavy atom. The zero-order valence-electron chi connectivity index (χ0n) is 8.57. The molecule has 1 atom stereocenters. The zero-order valence-corrected chi connectivity index (χ0v) is 9.39. The van der Waals surface area contributed by atoms with E-state index in [0.29, 0.717) is 0 Å². The number of unbranched alkanes of at least 4 members (excludes halogenated alkanes) is 3. The largest absolute Gasteiger partial charge is 0.387 e. The van der Waals surface area contributed by atoms with Crippen LogP contribution in [0.3, 0.4) is 0 Å². The van der Waals surface area contributed by atoms with E-state index in [9.17, 15) is 5.11 Å². The van der Waals surface area contributed by atoms with Gasteiger partial charge in [0.25, 0.3) is 0 Å². The van der Waals surface area contributed by atoms with Gasteiger partial charge in [0.2, 0.25) is 0 Å². The van der Waals surface area contributed by atoms with Crippen LogP contribution in [0.15, 0.2) is 12.5 Å². The molecule has 0 fully saturated rings. The number of aliphatic hydroxyl groups is 1. The molecule has 1 heterocycles. The fourth-order valence-electron chi connectivity index (χ4n) is 1.37. The van der Waals surface area contributed by atoms with E-state index in [1.165, 1.54) is 19.3 Å². The minimum Gasteiger partial charge on any atom is -0.387 e. The highest BCUT2D eigenvalue weighted by Gasteiger charge is 2.07. The quantitative estimate of drug-likeness (QED) is 0.722. The van der Waals surface area contributed by atoms with Crippen molar-refractivity contribution in [1.29, 1.82) is 0 Å². The Labute approximate surface area is 91.4 Å². The number of H-pyrrole nitrogens is 1. The third-order valence-corrected chi connectivity index (χ3v) is 2.21. The number of hydrogen-bond donors (Lipinski definition) is 2. The minimum absolute atomic E-state index is 0. The molecule has 1 aromatic rings. The molecule has 0 aliphatic heterocycles. The molecule has 0 amide bonds. The van der Waals surface area contributed by atoms with Crippen LogP contribution in [0.2, 0.25) is 0 Å². The summed E-state index contributed by atoms with van der Waals surface area (Å²) in [5.41, 5.74) is 0.830. The normalized spacial score (nSPS) is 12.1. The zero-order chi connectivity index (χ0) is 9.52. The Kier molecular flexibility index (Phi) is 7.52. The van der Waals surface area contributed by atoms with E-state index in [4.69, 9.17) is 0 Å². The average molecular weight is 219 g/mol. The van der Waals surface area contributed by atoms with Crippen molar-refractivity contribution < 1.29 is 5.11 Å². The Hall–Kier alpha value is -0.540. The van der Waals surface area contributed by atoms with Crippen LogP contribution in [0.4, 0.5) is 0 Å². The van der Waals surface area contributed by atoms with Crippen LogP contribution in [0.25, 0.3) is 0 Å². The molecular formula is C10H19ClN2O. The molecule has 0 aliphatic rings. The number of aromatic amines is 1. The summed E-state index contributed by atoms with van der Waals surface area (Å²) in [5, 5.41) is 9.64. The maximum absolute atomic E-state index is 9.64. The standard InChI is InChI=1S/C10H18N2O.ClH/c1-2-3-4-5-6-10(13)9-7-11-8-12-9;/h7-8,10,13H,2-6H2,1H3,(H,11,12);1H. The summed E-state index contributed by atoms with van der Waals surface area (Å²) in [5.74, 6) is 0. The van der Waals surface area contributed by atoms with E-state index in [1.54, 1.807) is 12.5 Å². The van der Waals surface area contributed by atoms with Crippen molar-refractivity contribution in [2.45, 2.75) is 45.1 Å². The monoisotopic (exact) mass is 218 g/mol. The van der Waals surface area contributed by atoms with Gasteiger partial charge in [-0.2, -0.15) is 0 Å². The molecular weight excluding hydrogens is 200 g/mol. The van der Waals surface area contributed by atoms with Gasteiger partial charge in [-0.15, -0.1) is 12.4 Å². The number of nitrogens with one attached hydrogen (secondary N) is 1. The highest BCUT2D eigenvalue weighted by Crippen LogP contribution is 2.16. The van der Waals surface area contributed by atoms with Gasteiger partial charge in [0.15, 0.2) is 0 Å². The van der Waals surface area contributed by atoms with Gasteiger partial charge < -0.3 is 10.1 Å². The first-order chi connectivity index (χ1) is 6.34. The predicted octanol–water partition coefficient (Wildman–Crippen LogP) is 2.84. The van der Waals surface area contributed by atoms with Crippen molar-refractivity contribution in [3.63, 3.8) is 0 Å². The van der Waals surface area contributed by atoms with Crippen molar-refractivity contribution in [2.75, 3.05) is 0 Å². The van der Waals surface area contributed by atoms with Gasteiger partial charge in [-0.25, -0.2) is 4.98 Å². The lowest BCUT2D eigenvalue weighted by atomic mass is 10.1. The maximum atomic E-state index is 9.64. The second-order valence-corrected chi connectivity index (χ2v) is 3.37. The summed E-state index contributed by atoms with van der Waals surface area (Å²) >= 11 is 0. The number of aliphatic hydroxyl groups excluding tert-OH is 1. The first kappa shape index (κ1) is 13.5. The molecule has 1 rings (SSSR count). The van der Waals surface area contributed by atoms with Gasteiger partial charge in [0.1, 0.15) is 0 Å². The second kappa shape index (κ2) is 7.83. The number of aromatic nitrogens is 2. The first-order valence-electron chi connectivity index (χ1n) is 5.01. The van der Waals surface area contributed by atoms with Gasteiger partial charge in [0.05, 0.1) is 24.3 Å². The highest BCUT2D eigenvalue weighted by atomic mass is 35.5. The molecule has 0 radical (unpaired) electrons.